The van der Waals surface area contributed by atoms with Crippen LogP contribution in [0.3, 0.4) is 0 Å². The second-order valence-corrected chi connectivity index (χ2v) is 7.18. The van der Waals surface area contributed by atoms with E-state index in [1.807, 2.05) is 0 Å². The third-order valence-electron chi connectivity index (χ3n) is 3.15. The SMILES string of the molecule is O=C(COc1ccccc1C(F)(F)F)N[C@H]1CCS(=O)(=O)C1. The monoisotopic (exact) mass is 337 g/mol. The van der Waals surface area contributed by atoms with E-state index in [0.717, 1.165) is 12.1 Å². The number of amides is 1. The Morgan fingerprint density at radius 1 is 1.32 bits per heavy atom. The first-order valence-corrected chi connectivity index (χ1v) is 8.28. The summed E-state index contributed by atoms with van der Waals surface area (Å²) in [4.78, 5) is 11.6. The first kappa shape index (κ1) is 16.6. The van der Waals surface area contributed by atoms with Crippen LogP contribution in [0, 0.1) is 0 Å². The van der Waals surface area contributed by atoms with E-state index in [9.17, 15) is 26.4 Å². The number of alkyl halides is 3. The lowest BCUT2D eigenvalue weighted by Gasteiger charge is -2.15. The molecule has 1 heterocycles. The summed E-state index contributed by atoms with van der Waals surface area (Å²) in [5.74, 6) is -1.25. The molecule has 122 valence electrons. The van der Waals surface area contributed by atoms with Gasteiger partial charge in [-0.25, -0.2) is 8.42 Å². The maximum absolute atomic E-state index is 12.7. The van der Waals surface area contributed by atoms with Gasteiger partial charge in [-0.1, -0.05) is 12.1 Å². The third-order valence-corrected chi connectivity index (χ3v) is 4.92. The Morgan fingerprint density at radius 2 is 2.00 bits per heavy atom. The van der Waals surface area contributed by atoms with Gasteiger partial charge in [-0.3, -0.25) is 4.79 Å². The molecule has 1 atom stereocenters. The smallest absolute Gasteiger partial charge is 0.419 e. The predicted octanol–water partition coefficient (Wildman–Crippen LogP) is 1.39. The Kier molecular flexibility index (Phi) is 4.64. The zero-order valence-corrected chi connectivity index (χ0v) is 12.2. The van der Waals surface area contributed by atoms with Crippen LogP contribution in [0.2, 0.25) is 0 Å². The molecule has 1 aliphatic heterocycles. The zero-order chi connectivity index (χ0) is 16.4. The summed E-state index contributed by atoms with van der Waals surface area (Å²) < 4.78 is 65.6. The summed E-state index contributed by atoms with van der Waals surface area (Å²) in [6, 6.07) is 4.05. The number of benzene rings is 1. The fraction of sp³-hybridized carbons (Fsp3) is 0.462. The molecule has 0 bridgehead atoms. The van der Waals surface area contributed by atoms with Crippen LogP contribution in [0.5, 0.6) is 5.75 Å². The first-order valence-electron chi connectivity index (χ1n) is 6.46. The van der Waals surface area contributed by atoms with Gasteiger partial charge < -0.3 is 10.1 Å². The molecule has 1 saturated heterocycles. The number of rotatable bonds is 4. The lowest BCUT2D eigenvalue weighted by molar-refractivity contribution is -0.139. The second-order valence-electron chi connectivity index (χ2n) is 4.95. The van der Waals surface area contributed by atoms with E-state index in [0.29, 0.717) is 6.42 Å². The summed E-state index contributed by atoms with van der Waals surface area (Å²) in [7, 11) is -3.14. The lowest BCUT2D eigenvalue weighted by Crippen LogP contribution is -2.38. The van der Waals surface area contributed by atoms with Gasteiger partial charge in [0.05, 0.1) is 17.1 Å². The molecule has 0 aromatic heterocycles. The van der Waals surface area contributed by atoms with E-state index in [-0.39, 0.29) is 11.5 Å². The second kappa shape index (κ2) is 6.15. The topological polar surface area (TPSA) is 72.5 Å². The Balaban J connectivity index is 1.92. The average Bonchev–Trinajstić information content (AvgIpc) is 2.75. The number of halogens is 3. The highest BCUT2D eigenvalue weighted by molar-refractivity contribution is 7.91. The van der Waals surface area contributed by atoms with E-state index in [4.69, 9.17) is 4.74 Å². The van der Waals surface area contributed by atoms with Crippen LogP contribution in [-0.4, -0.2) is 38.5 Å². The highest BCUT2D eigenvalue weighted by Gasteiger charge is 2.34. The molecule has 1 aromatic carbocycles. The molecule has 1 amide bonds. The highest BCUT2D eigenvalue weighted by Crippen LogP contribution is 2.35. The number of sulfone groups is 1. The Labute approximate surface area is 125 Å². The maximum Gasteiger partial charge on any atom is 0.419 e. The van der Waals surface area contributed by atoms with Gasteiger partial charge in [-0.2, -0.15) is 13.2 Å². The van der Waals surface area contributed by atoms with E-state index in [1.165, 1.54) is 12.1 Å². The number of hydrogen-bond donors (Lipinski definition) is 1. The van der Waals surface area contributed by atoms with Crippen LogP contribution in [-0.2, 0) is 20.8 Å². The maximum atomic E-state index is 12.7. The van der Waals surface area contributed by atoms with E-state index >= 15 is 0 Å². The number of carbonyl (C=O) groups excluding carboxylic acids is 1. The molecule has 5 nitrogen and oxygen atoms in total. The van der Waals surface area contributed by atoms with Crippen LogP contribution < -0.4 is 10.1 Å². The molecule has 0 spiro atoms. The van der Waals surface area contributed by atoms with Crippen molar-refractivity contribution < 1.29 is 31.1 Å². The van der Waals surface area contributed by atoms with Crippen molar-refractivity contribution >= 4 is 15.7 Å². The van der Waals surface area contributed by atoms with Crippen LogP contribution in [0.15, 0.2) is 24.3 Å². The fourth-order valence-corrected chi connectivity index (χ4v) is 3.82. The summed E-state index contributed by atoms with van der Waals surface area (Å²) in [6.45, 7) is -0.607. The number of nitrogens with one attached hydrogen (secondary N) is 1. The van der Waals surface area contributed by atoms with Gasteiger partial charge in [0.15, 0.2) is 16.4 Å². The van der Waals surface area contributed by atoms with E-state index in [1.54, 1.807) is 0 Å². The van der Waals surface area contributed by atoms with Gasteiger partial charge in [0.25, 0.3) is 5.91 Å². The molecule has 0 unspecified atom stereocenters. The largest absolute Gasteiger partial charge is 0.483 e. The van der Waals surface area contributed by atoms with Gasteiger partial charge in [0.2, 0.25) is 0 Å². The van der Waals surface area contributed by atoms with Crippen molar-refractivity contribution in [2.75, 3.05) is 18.1 Å². The molecule has 0 saturated carbocycles. The van der Waals surface area contributed by atoms with Crippen LogP contribution in [0.25, 0.3) is 0 Å². The predicted molar refractivity (Wildman–Crippen MR) is 72.1 cm³/mol. The lowest BCUT2D eigenvalue weighted by atomic mass is 10.2. The molecule has 1 aromatic rings. The van der Waals surface area contributed by atoms with Gasteiger partial charge >= 0.3 is 6.18 Å². The van der Waals surface area contributed by atoms with Crippen molar-refractivity contribution in [1.82, 2.24) is 5.32 Å². The van der Waals surface area contributed by atoms with E-state index < -0.39 is 45.9 Å². The van der Waals surface area contributed by atoms with E-state index in [2.05, 4.69) is 5.32 Å². The van der Waals surface area contributed by atoms with Crippen molar-refractivity contribution in [2.45, 2.75) is 18.6 Å². The van der Waals surface area contributed by atoms with Crippen molar-refractivity contribution in [1.29, 1.82) is 0 Å². The Morgan fingerprint density at radius 3 is 2.59 bits per heavy atom. The molecule has 1 aliphatic rings. The van der Waals surface area contributed by atoms with Gasteiger partial charge in [0.1, 0.15) is 5.75 Å². The third kappa shape index (κ3) is 4.36. The molecule has 1 N–H and O–H groups in total. The summed E-state index contributed by atoms with van der Waals surface area (Å²) in [5, 5.41) is 2.44. The average molecular weight is 337 g/mol. The Hall–Kier alpha value is -1.77. The molecule has 9 heteroatoms. The van der Waals surface area contributed by atoms with Gasteiger partial charge in [0, 0.05) is 6.04 Å². The van der Waals surface area contributed by atoms with Crippen LogP contribution >= 0.6 is 0 Å². The van der Waals surface area contributed by atoms with Crippen molar-refractivity contribution in [3.05, 3.63) is 29.8 Å². The van der Waals surface area contributed by atoms with Crippen molar-refractivity contribution in [2.24, 2.45) is 0 Å². The minimum Gasteiger partial charge on any atom is -0.483 e. The minimum atomic E-state index is -4.58. The molecule has 2 rings (SSSR count). The van der Waals surface area contributed by atoms with Crippen LogP contribution in [0.4, 0.5) is 13.2 Å². The number of hydrogen-bond acceptors (Lipinski definition) is 4. The standard InChI is InChI=1S/C13H14F3NO4S/c14-13(15,16)10-3-1-2-4-11(10)21-7-12(18)17-9-5-6-22(19,20)8-9/h1-4,9H,5-8H2,(H,17,18)/t9-/m0/s1. The number of carbonyl (C=O) groups is 1. The molecular formula is C13H14F3NO4S. The zero-order valence-electron chi connectivity index (χ0n) is 11.4. The molecular weight excluding hydrogens is 323 g/mol. The normalized spacial score (nSPS) is 20.6. The highest BCUT2D eigenvalue weighted by atomic mass is 32.2. The Bertz CT molecular complexity index is 657. The molecule has 1 fully saturated rings. The van der Waals surface area contributed by atoms with Gasteiger partial charge in [-0.15, -0.1) is 0 Å². The number of ether oxygens (including phenoxy) is 1. The quantitative estimate of drug-likeness (QED) is 0.901. The number of para-hydroxylation sites is 1. The van der Waals surface area contributed by atoms with Gasteiger partial charge in [-0.05, 0) is 18.6 Å². The summed E-state index contributed by atoms with van der Waals surface area (Å²) in [6.07, 6.45) is -4.28. The minimum absolute atomic E-state index is 0.00426. The molecule has 0 radical (unpaired) electrons. The molecule has 0 aliphatic carbocycles. The summed E-state index contributed by atoms with van der Waals surface area (Å²) in [5.41, 5.74) is -0.966. The summed E-state index contributed by atoms with van der Waals surface area (Å²) >= 11 is 0. The van der Waals surface area contributed by atoms with Crippen LogP contribution in [0.1, 0.15) is 12.0 Å². The fourth-order valence-electron chi connectivity index (χ4n) is 2.15. The molecule has 22 heavy (non-hydrogen) atoms. The first-order chi connectivity index (χ1) is 10.2. The van der Waals surface area contributed by atoms with Crippen molar-refractivity contribution in [3.8, 4) is 5.75 Å². The van der Waals surface area contributed by atoms with Crippen molar-refractivity contribution in [3.63, 3.8) is 0 Å².